The molecule has 2 aromatic carbocycles. The predicted molar refractivity (Wildman–Crippen MR) is 109 cm³/mol. The summed E-state index contributed by atoms with van der Waals surface area (Å²) in [6.45, 7) is 7.88. The van der Waals surface area contributed by atoms with E-state index in [0.29, 0.717) is 13.1 Å². The highest BCUT2D eigenvalue weighted by atomic mass is 16.2. The van der Waals surface area contributed by atoms with Crippen LogP contribution in [0.25, 0.3) is 0 Å². The normalized spacial score (nSPS) is 14.6. The van der Waals surface area contributed by atoms with Crippen molar-refractivity contribution in [2.45, 2.75) is 33.7 Å². The number of nitrogens with zero attached hydrogens (tertiary/aromatic N) is 2. The van der Waals surface area contributed by atoms with Crippen LogP contribution < -0.4 is 10.2 Å². The quantitative estimate of drug-likeness (QED) is 0.853. The van der Waals surface area contributed by atoms with Crippen LogP contribution >= 0.6 is 0 Å². The smallest absolute Gasteiger partial charge is 0.324 e. The molecule has 1 saturated heterocycles. The molecule has 0 bridgehead atoms. The van der Waals surface area contributed by atoms with Crippen molar-refractivity contribution in [1.82, 2.24) is 4.90 Å². The van der Waals surface area contributed by atoms with E-state index >= 15 is 0 Å². The Morgan fingerprint density at radius 1 is 1.04 bits per heavy atom. The lowest BCUT2D eigenvalue weighted by Crippen LogP contribution is -2.49. The van der Waals surface area contributed by atoms with Crippen LogP contribution in [-0.2, 0) is 11.3 Å². The summed E-state index contributed by atoms with van der Waals surface area (Å²) in [5, 5.41) is 2.88. The van der Waals surface area contributed by atoms with Crippen LogP contribution in [0.4, 0.5) is 16.2 Å². The van der Waals surface area contributed by atoms with Gasteiger partial charge in [0.1, 0.15) is 0 Å². The van der Waals surface area contributed by atoms with Crippen molar-refractivity contribution in [3.8, 4) is 0 Å². The summed E-state index contributed by atoms with van der Waals surface area (Å²) in [7, 11) is 0. The molecule has 1 aliphatic rings. The number of amides is 3. The van der Waals surface area contributed by atoms with Gasteiger partial charge in [0.2, 0.25) is 5.91 Å². The number of rotatable bonds is 5. The molecular weight excluding hydrogens is 338 g/mol. The van der Waals surface area contributed by atoms with Gasteiger partial charge in [0.15, 0.2) is 0 Å². The highest BCUT2D eigenvalue weighted by Gasteiger charge is 2.26. The van der Waals surface area contributed by atoms with Crippen LogP contribution in [0.5, 0.6) is 0 Å². The Labute approximate surface area is 161 Å². The summed E-state index contributed by atoms with van der Waals surface area (Å²) in [4.78, 5) is 28.4. The lowest BCUT2D eigenvalue weighted by molar-refractivity contribution is -0.118. The van der Waals surface area contributed by atoms with Crippen molar-refractivity contribution in [2.75, 3.05) is 23.3 Å². The standard InChI is InChI=1S/C22H27N3O2/c1-16(2)21(26)23-19-9-11-20(12-10-19)25-14-4-13-24(22(25)27)15-18-7-5-17(3)6-8-18/h5-12,16H,4,13-15H2,1-3H3,(H,23,26). The van der Waals surface area contributed by atoms with E-state index in [1.54, 1.807) is 0 Å². The summed E-state index contributed by atoms with van der Waals surface area (Å²) in [6.07, 6.45) is 0.934. The number of hydrogen-bond donors (Lipinski definition) is 1. The number of aryl methyl sites for hydroxylation is 1. The minimum Gasteiger partial charge on any atom is -0.326 e. The molecule has 0 aromatic heterocycles. The van der Waals surface area contributed by atoms with Gasteiger partial charge in [-0.2, -0.15) is 0 Å². The van der Waals surface area contributed by atoms with Crippen LogP contribution in [0.1, 0.15) is 31.4 Å². The highest BCUT2D eigenvalue weighted by molar-refractivity contribution is 5.94. The van der Waals surface area contributed by atoms with E-state index in [-0.39, 0.29) is 17.9 Å². The fourth-order valence-electron chi connectivity index (χ4n) is 3.09. The second-order valence-corrected chi connectivity index (χ2v) is 7.39. The molecule has 0 radical (unpaired) electrons. The van der Waals surface area contributed by atoms with Crippen molar-refractivity contribution >= 4 is 23.3 Å². The Morgan fingerprint density at radius 2 is 1.70 bits per heavy atom. The molecule has 0 unspecified atom stereocenters. The fraction of sp³-hybridized carbons (Fsp3) is 0.364. The highest BCUT2D eigenvalue weighted by Crippen LogP contribution is 2.23. The van der Waals surface area contributed by atoms with Gasteiger partial charge in [-0.25, -0.2) is 4.79 Å². The van der Waals surface area contributed by atoms with Crippen LogP contribution in [0, 0.1) is 12.8 Å². The minimum absolute atomic E-state index is 0.0129. The SMILES string of the molecule is Cc1ccc(CN2CCCN(c3ccc(NC(=O)C(C)C)cc3)C2=O)cc1. The predicted octanol–water partition coefficient (Wildman–Crippen LogP) is 4.42. The van der Waals surface area contributed by atoms with Gasteiger partial charge in [-0.15, -0.1) is 0 Å². The summed E-state index contributed by atoms with van der Waals surface area (Å²) in [5.74, 6) is -0.0789. The van der Waals surface area contributed by atoms with Crippen molar-refractivity contribution in [2.24, 2.45) is 5.92 Å². The average molecular weight is 365 g/mol. The Balaban J connectivity index is 1.68. The van der Waals surface area contributed by atoms with Gasteiger partial charge in [0, 0.05) is 36.9 Å². The molecule has 1 fully saturated rings. The Kier molecular flexibility index (Phi) is 5.79. The van der Waals surface area contributed by atoms with Gasteiger partial charge >= 0.3 is 6.03 Å². The van der Waals surface area contributed by atoms with E-state index in [9.17, 15) is 9.59 Å². The first-order valence-electron chi connectivity index (χ1n) is 9.47. The zero-order valence-corrected chi connectivity index (χ0v) is 16.2. The van der Waals surface area contributed by atoms with Gasteiger partial charge in [-0.3, -0.25) is 9.69 Å². The molecule has 1 heterocycles. The third kappa shape index (κ3) is 4.67. The molecule has 5 nitrogen and oxygen atoms in total. The largest absolute Gasteiger partial charge is 0.326 e. The van der Waals surface area contributed by atoms with Crippen LogP contribution in [-0.4, -0.2) is 29.9 Å². The zero-order chi connectivity index (χ0) is 19.4. The number of carbonyl (C=O) groups excluding carboxylic acids is 2. The van der Waals surface area contributed by atoms with E-state index in [4.69, 9.17) is 0 Å². The molecule has 1 N–H and O–H groups in total. The second kappa shape index (κ2) is 8.25. The number of anilines is 2. The van der Waals surface area contributed by atoms with E-state index in [1.165, 1.54) is 5.56 Å². The molecule has 142 valence electrons. The van der Waals surface area contributed by atoms with E-state index in [2.05, 4.69) is 36.5 Å². The lowest BCUT2D eigenvalue weighted by atomic mass is 10.1. The van der Waals surface area contributed by atoms with Crippen LogP contribution in [0.2, 0.25) is 0 Å². The molecule has 0 spiro atoms. The second-order valence-electron chi connectivity index (χ2n) is 7.39. The number of hydrogen-bond acceptors (Lipinski definition) is 2. The molecule has 3 rings (SSSR count). The summed E-state index contributed by atoms with van der Waals surface area (Å²) in [5.41, 5.74) is 3.96. The first kappa shape index (κ1) is 19.0. The van der Waals surface area contributed by atoms with Gasteiger partial charge in [-0.05, 0) is 43.2 Å². The van der Waals surface area contributed by atoms with E-state index in [0.717, 1.165) is 29.9 Å². The monoisotopic (exact) mass is 365 g/mol. The van der Waals surface area contributed by atoms with Crippen molar-refractivity contribution in [3.63, 3.8) is 0 Å². The lowest BCUT2D eigenvalue weighted by Gasteiger charge is -2.35. The zero-order valence-electron chi connectivity index (χ0n) is 16.2. The fourth-order valence-corrected chi connectivity index (χ4v) is 3.09. The first-order chi connectivity index (χ1) is 12.9. The van der Waals surface area contributed by atoms with Gasteiger partial charge in [0.05, 0.1) is 0 Å². The minimum atomic E-state index is -0.0660. The number of nitrogens with one attached hydrogen (secondary N) is 1. The summed E-state index contributed by atoms with van der Waals surface area (Å²) in [6, 6.07) is 15.8. The third-order valence-corrected chi connectivity index (χ3v) is 4.78. The van der Waals surface area contributed by atoms with E-state index < -0.39 is 0 Å². The molecule has 3 amide bonds. The van der Waals surface area contributed by atoms with Crippen molar-refractivity contribution in [1.29, 1.82) is 0 Å². The molecular formula is C22H27N3O2. The topological polar surface area (TPSA) is 52.6 Å². The number of benzene rings is 2. The number of urea groups is 1. The Hall–Kier alpha value is -2.82. The first-order valence-corrected chi connectivity index (χ1v) is 9.47. The third-order valence-electron chi connectivity index (χ3n) is 4.78. The van der Waals surface area contributed by atoms with Gasteiger partial charge in [-0.1, -0.05) is 43.7 Å². The molecule has 0 saturated carbocycles. The molecule has 5 heteroatoms. The molecule has 0 atom stereocenters. The summed E-state index contributed by atoms with van der Waals surface area (Å²) < 4.78 is 0. The maximum atomic E-state index is 12.9. The van der Waals surface area contributed by atoms with Gasteiger partial charge < -0.3 is 10.2 Å². The molecule has 2 aromatic rings. The number of carbonyl (C=O) groups is 2. The Morgan fingerprint density at radius 3 is 2.33 bits per heavy atom. The molecule has 1 aliphatic heterocycles. The van der Waals surface area contributed by atoms with Crippen LogP contribution in [0.15, 0.2) is 48.5 Å². The van der Waals surface area contributed by atoms with Crippen LogP contribution in [0.3, 0.4) is 0 Å². The maximum Gasteiger partial charge on any atom is 0.324 e. The van der Waals surface area contributed by atoms with Crippen molar-refractivity contribution in [3.05, 3.63) is 59.7 Å². The van der Waals surface area contributed by atoms with Crippen molar-refractivity contribution < 1.29 is 9.59 Å². The molecule has 0 aliphatic carbocycles. The Bertz CT molecular complexity index is 797. The van der Waals surface area contributed by atoms with E-state index in [1.807, 2.05) is 47.9 Å². The molecule has 27 heavy (non-hydrogen) atoms. The average Bonchev–Trinajstić information content (AvgIpc) is 2.66. The van der Waals surface area contributed by atoms with Gasteiger partial charge in [0.25, 0.3) is 0 Å². The maximum absolute atomic E-state index is 12.9. The summed E-state index contributed by atoms with van der Waals surface area (Å²) >= 11 is 0.